The molecule has 0 saturated heterocycles. The van der Waals surface area contributed by atoms with E-state index in [4.69, 9.17) is 4.74 Å². The van der Waals surface area contributed by atoms with Gasteiger partial charge in [-0.3, -0.25) is 0 Å². The summed E-state index contributed by atoms with van der Waals surface area (Å²) in [6.45, 7) is 7.76. The Balaban J connectivity index is 2.34. The minimum atomic E-state index is -0.604. The molecule has 2 N–H and O–H groups in total. The van der Waals surface area contributed by atoms with E-state index < -0.39 is 17.8 Å². The molecule has 4 nitrogen and oxygen atoms in total. The highest BCUT2D eigenvalue weighted by Gasteiger charge is 2.15. The quantitative estimate of drug-likeness (QED) is 0.663. The van der Waals surface area contributed by atoms with Gasteiger partial charge in [-0.15, -0.1) is 5.92 Å². The number of aliphatic hydroxyl groups excluding tert-OH is 1. The van der Waals surface area contributed by atoms with Gasteiger partial charge in [0, 0.05) is 18.9 Å². The van der Waals surface area contributed by atoms with Crippen molar-refractivity contribution in [1.82, 2.24) is 5.32 Å². The fraction of sp³-hybridized carbons (Fsp3) is 0.500. The van der Waals surface area contributed by atoms with Gasteiger partial charge in [0.15, 0.2) is 0 Å². The molecule has 22 heavy (non-hydrogen) atoms. The van der Waals surface area contributed by atoms with Gasteiger partial charge in [-0.2, -0.15) is 0 Å². The molecular weight excluding hydrogens is 278 g/mol. The number of hydrogen-bond donors (Lipinski definition) is 2. The van der Waals surface area contributed by atoms with Crippen LogP contribution in [0.4, 0.5) is 4.79 Å². The summed E-state index contributed by atoms with van der Waals surface area (Å²) in [6.07, 6.45) is -0.523. The molecule has 0 aliphatic heterocycles. The standard InChI is InChI=1S/C18H25NO3/c1-14(16(20)15-11-6-5-7-12-15)10-8-9-13-19-17(21)22-18(2,3)4/h5-7,11-12,14,16,20H,9,13H2,1-4H3,(H,19,21). The van der Waals surface area contributed by atoms with Gasteiger partial charge >= 0.3 is 6.09 Å². The number of carbonyl (C=O) groups excluding carboxylic acids is 1. The Morgan fingerprint density at radius 1 is 1.32 bits per heavy atom. The molecule has 0 radical (unpaired) electrons. The molecule has 0 fully saturated rings. The fourth-order valence-electron chi connectivity index (χ4n) is 1.79. The van der Waals surface area contributed by atoms with Crippen LogP contribution in [0.5, 0.6) is 0 Å². The summed E-state index contributed by atoms with van der Waals surface area (Å²) in [5.41, 5.74) is 0.362. The maximum Gasteiger partial charge on any atom is 0.407 e. The molecule has 0 aliphatic carbocycles. The van der Waals surface area contributed by atoms with Gasteiger partial charge in [0.1, 0.15) is 5.60 Å². The van der Waals surface area contributed by atoms with E-state index in [0.29, 0.717) is 13.0 Å². The maximum absolute atomic E-state index is 11.4. The van der Waals surface area contributed by atoms with Crippen molar-refractivity contribution in [1.29, 1.82) is 0 Å². The summed E-state index contributed by atoms with van der Waals surface area (Å²) in [4.78, 5) is 11.4. The van der Waals surface area contributed by atoms with Crippen molar-refractivity contribution in [2.45, 2.75) is 45.8 Å². The lowest BCUT2D eigenvalue weighted by Crippen LogP contribution is -2.32. The summed E-state index contributed by atoms with van der Waals surface area (Å²) in [7, 11) is 0. The molecule has 120 valence electrons. The van der Waals surface area contributed by atoms with Crippen molar-refractivity contribution in [3.63, 3.8) is 0 Å². The first kappa shape index (κ1) is 18.1. The molecule has 2 unspecified atom stereocenters. The van der Waals surface area contributed by atoms with Crippen molar-refractivity contribution in [3.8, 4) is 11.8 Å². The third-order valence-electron chi connectivity index (χ3n) is 2.86. The molecule has 0 saturated carbocycles. The van der Waals surface area contributed by atoms with E-state index in [9.17, 15) is 9.90 Å². The number of hydrogen-bond acceptors (Lipinski definition) is 3. The SMILES string of the molecule is CC(C#CCCNC(=O)OC(C)(C)C)C(O)c1ccccc1. The predicted octanol–water partition coefficient (Wildman–Crippen LogP) is 3.27. The van der Waals surface area contributed by atoms with Crippen LogP contribution < -0.4 is 5.32 Å². The molecule has 4 heteroatoms. The minimum absolute atomic E-state index is 0.163. The number of carbonyl (C=O) groups is 1. The summed E-state index contributed by atoms with van der Waals surface area (Å²) >= 11 is 0. The van der Waals surface area contributed by atoms with Crippen molar-refractivity contribution < 1.29 is 14.6 Å². The van der Waals surface area contributed by atoms with Gasteiger partial charge in [0.05, 0.1) is 6.10 Å². The predicted molar refractivity (Wildman–Crippen MR) is 87.2 cm³/mol. The monoisotopic (exact) mass is 303 g/mol. The lowest BCUT2D eigenvalue weighted by molar-refractivity contribution is 0.0529. The molecule has 1 aromatic carbocycles. The first-order chi connectivity index (χ1) is 10.3. The van der Waals surface area contributed by atoms with Crippen molar-refractivity contribution in [2.75, 3.05) is 6.54 Å². The average Bonchev–Trinajstić information content (AvgIpc) is 2.45. The molecule has 0 aromatic heterocycles. The van der Waals surface area contributed by atoms with Gasteiger partial charge in [-0.25, -0.2) is 4.79 Å². The molecule has 0 bridgehead atoms. The van der Waals surface area contributed by atoms with E-state index in [-0.39, 0.29) is 5.92 Å². The van der Waals surface area contributed by atoms with Crippen LogP contribution >= 0.6 is 0 Å². The van der Waals surface area contributed by atoms with Gasteiger partial charge < -0.3 is 15.2 Å². The molecule has 1 rings (SSSR count). The van der Waals surface area contributed by atoms with E-state index in [0.717, 1.165) is 5.56 Å². The highest BCUT2D eigenvalue weighted by Crippen LogP contribution is 2.20. The number of nitrogens with one attached hydrogen (secondary N) is 1. The van der Waals surface area contributed by atoms with Gasteiger partial charge in [0.25, 0.3) is 0 Å². The smallest absolute Gasteiger partial charge is 0.407 e. The Morgan fingerprint density at radius 2 is 1.95 bits per heavy atom. The second kappa shape index (κ2) is 8.45. The Kier molecular flexibility index (Phi) is 6.94. The van der Waals surface area contributed by atoms with Crippen molar-refractivity contribution >= 4 is 6.09 Å². The van der Waals surface area contributed by atoms with E-state index >= 15 is 0 Å². The zero-order valence-electron chi connectivity index (χ0n) is 13.7. The van der Waals surface area contributed by atoms with Crippen LogP contribution in [0.15, 0.2) is 30.3 Å². The Morgan fingerprint density at radius 3 is 2.55 bits per heavy atom. The molecule has 0 heterocycles. The van der Waals surface area contributed by atoms with Crippen LogP contribution in [-0.2, 0) is 4.74 Å². The normalized spacial score (nSPS) is 13.5. The molecule has 0 spiro atoms. The minimum Gasteiger partial charge on any atom is -0.444 e. The van der Waals surface area contributed by atoms with Crippen LogP contribution in [0.3, 0.4) is 0 Å². The summed E-state index contributed by atoms with van der Waals surface area (Å²) in [6, 6.07) is 9.46. The van der Waals surface area contributed by atoms with Gasteiger partial charge in [-0.05, 0) is 33.3 Å². The second-order valence-corrected chi connectivity index (χ2v) is 6.14. The highest BCUT2D eigenvalue weighted by atomic mass is 16.6. The molecule has 0 aliphatic rings. The highest BCUT2D eigenvalue weighted by molar-refractivity contribution is 5.67. The molecule has 2 atom stereocenters. The number of benzene rings is 1. The first-order valence-corrected chi connectivity index (χ1v) is 7.48. The maximum atomic E-state index is 11.4. The van der Waals surface area contributed by atoms with Gasteiger partial charge in [-0.1, -0.05) is 36.3 Å². The van der Waals surface area contributed by atoms with Crippen LogP contribution in [0.1, 0.15) is 45.8 Å². The molecular formula is C18H25NO3. The number of aliphatic hydroxyl groups is 1. The Bertz CT molecular complexity index is 523. The van der Waals surface area contributed by atoms with Crippen molar-refractivity contribution in [3.05, 3.63) is 35.9 Å². The van der Waals surface area contributed by atoms with Crippen LogP contribution in [0, 0.1) is 17.8 Å². The summed E-state index contributed by atoms with van der Waals surface area (Å²) < 4.78 is 5.12. The summed E-state index contributed by atoms with van der Waals surface area (Å²) in [5, 5.41) is 12.8. The number of ether oxygens (including phenoxy) is 1. The topological polar surface area (TPSA) is 58.6 Å². The molecule has 1 amide bonds. The van der Waals surface area contributed by atoms with E-state index in [1.807, 2.05) is 58.0 Å². The molecule has 1 aromatic rings. The third kappa shape index (κ3) is 7.14. The van der Waals surface area contributed by atoms with E-state index in [1.54, 1.807) is 0 Å². The van der Waals surface area contributed by atoms with Crippen LogP contribution in [-0.4, -0.2) is 23.3 Å². The zero-order valence-corrected chi connectivity index (χ0v) is 13.7. The number of alkyl carbamates (subject to hydrolysis) is 1. The average molecular weight is 303 g/mol. The third-order valence-corrected chi connectivity index (χ3v) is 2.86. The number of rotatable bonds is 4. The van der Waals surface area contributed by atoms with E-state index in [1.165, 1.54) is 0 Å². The van der Waals surface area contributed by atoms with Crippen LogP contribution in [0.2, 0.25) is 0 Å². The zero-order chi connectivity index (χ0) is 16.6. The Hall–Kier alpha value is -1.99. The lowest BCUT2D eigenvalue weighted by Gasteiger charge is -2.19. The first-order valence-electron chi connectivity index (χ1n) is 7.48. The van der Waals surface area contributed by atoms with E-state index in [2.05, 4.69) is 17.2 Å². The fourth-order valence-corrected chi connectivity index (χ4v) is 1.79. The van der Waals surface area contributed by atoms with Crippen molar-refractivity contribution in [2.24, 2.45) is 5.92 Å². The van der Waals surface area contributed by atoms with Gasteiger partial charge in [0.2, 0.25) is 0 Å². The summed E-state index contributed by atoms with van der Waals surface area (Å²) in [5.74, 6) is 5.82. The largest absolute Gasteiger partial charge is 0.444 e. The number of amides is 1. The lowest BCUT2D eigenvalue weighted by atomic mass is 9.98. The second-order valence-electron chi connectivity index (χ2n) is 6.14. The Labute approximate surface area is 132 Å². The van der Waals surface area contributed by atoms with Crippen LogP contribution in [0.25, 0.3) is 0 Å².